The van der Waals surface area contributed by atoms with Gasteiger partial charge in [0.05, 0.1) is 6.54 Å². The highest BCUT2D eigenvalue weighted by Gasteiger charge is 2.34. The van der Waals surface area contributed by atoms with Crippen LogP contribution in [0, 0.1) is 12.8 Å². The minimum Gasteiger partial charge on any atom is -0.369 e. The molecule has 206 valence electrons. The Morgan fingerprint density at radius 1 is 1.18 bits per heavy atom. The highest BCUT2D eigenvalue weighted by atomic mass is 16.1. The van der Waals surface area contributed by atoms with Gasteiger partial charge in [0.2, 0.25) is 12.4 Å². The van der Waals surface area contributed by atoms with E-state index in [1.807, 2.05) is 11.9 Å². The summed E-state index contributed by atoms with van der Waals surface area (Å²) < 4.78 is 0. The average molecular weight is 529 g/mol. The molecule has 1 aliphatic carbocycles. The van der Waals surface area contributed by atoms with Crippen molar-refractivity contribution in [1.29, 1.82) is 0 Å². The molecule has 1 saturated heterocycles. The molecule has 9 nitrogen and oxygen atoms in total. The highest BCUT2D eigenvalue weighted by Crippen LogP contribution is 2.36. The number of rotatable bonds is 10. The Morgan fingerprint density at radius 3 is 2.64 bits per heavy atom. The van der Waals surface area contributed by atoms with E-state index < -0.39 is 0 Å². The fraction of sp³-hybridized carbons (Fsp3) is 0.467. The number of benzene rings is 1. The zero-order chi connectivity index (χ0) is 27.4. The van der Waals surface area contributed by atoms with E-state index in [0.29, 0.717) is 24.2 Å². The maximum Gasteiger partial charge on any atom is 0.229 e. The summed E-state index contributed by atoms with van der Waals surface area (Å²) in [6, 6.07) is 8.41. The monoisotopic (exact) mass is 528 g/mol. The largest absolute Gasteiger partial charge is 0.369 e. The summed E-state index contributed by atoms with van der Waals surface area (Å²) in [4.78, 5) is 31.7. The molecule has 0 radical (unpaired) electrons. The first-order valence-electron chi connectivity index (χ1n) is 14.0. The molecule has 9 heteroatoms. The second-order valence-corrected chi connectivity index (χ2v) is 10.6. The lowest BCUT2D eigenvalue weighted by atomic mass is 9.99. The first-order chi connectivity index (χ1) is 19.0. The third kappa shape index (κ3) is 5.83. The number of anilines is 4. The average Bonchev–Trinajstić information content (AvgIpc) is 3.38. The Bertz CT molecular complexity index is 1230. The lowest BCUT2D eigenvalue weighted by Gasteiger charge is -2.38. The number of hydrazine groups is 1. The van der Waals surface area contributed by atoms with Crippen LogP contribution in [0.3, 0.4) is 0 Å². The number of nitrogens with zero attached hydrogens (tertiary/aromatic N) is 7. The van der Waals surface area contributed by atoms with Gasteiger partial charge < -0.3 is 15.1 Å². The number of allylic oxidation sites excluding steroid dienone is 1. The van der Waals surface area contributed by atoms with E-state index in [4.69, 9.17) is 9.98 Å². The Kier molecular flexibility index (Phi) is 8.26. The van der Waals surface area contributed by atoms with Gasteiger partial charge in [-0.25, -0.2) is 15.0 Å². The van der Waals surface area contributed by atoms with Crippen LogP contribution < -0.4 is 15.2 Å². The zero-order valence-electron chi connectivity index (χ0n) is 23.4. The molecule has 2 atom stereocenters. The van der Waals surface area contributed by atoms with E-state index in [1.165, 1.54) is 17.0 Å². The molecule has 0 bridgehead atoms. The number of dihydropyridines is 1. The number of aryl methyl sites for hydroxylation is 1. The smallest absolute Gasteiger partial charge is 0.229 e. The second-order valence-electron chi connectivity index (χ2n) is 10.6. The predicted octanol–water partition coefficient (Wildman–Crippen LogP) is 4.56. The van der Waals surface area contributed by atoms with Crippen LogP contribution in [-0.4, -0.2) is 77.9 Å². The SMILES string of the molecule is C=CCN(C=O)N(c1nc(Nc2ccc(N3CCN(C)CC3)cc2)ncc1C)C1CC=C2CCC(CC)C2=N1. The summed E-state index contributed by atoms with van der Waals surface area (Å²) in [5.74, 6) is 1.61. The molecule has 2 fully saturated rings. The van der Waals surface area contributed by atoms with Crippen molar-refractivity contribution in [2.24, 2.45) is 10.9 Å². The number of fused-ring (bicyclic) bond motifs is 1. The maximum atomic E-state index is 12.3. The van der Waals surface area contributed by atoms with Crippen LogP contribution in [0.4, 0.5) is 23.1 Å². The molecule has 2 aliphatic heterocycles. The lowest BCUT2D eigenvalue weighted by molar-refractivity contribution is -0.118. The third-order valence-corrected chi connectivity index (χ3v) is 7.98. The Labute approximate surface area is 231 Å². The summed E-state index contributed by atoms with van der Waals surface area (Å²) in [5.41, 5.74) is 5.55. The molecule has 1 aromatic heterocycles. The van der Waals surface area contributed by atoms with Gasteiger partial charge in [-0.3, -0.25) is 9.79 Å². The first-order valence-corrected chi connectivity index (χ1v) is 14.0. The zero-order valence-corrected chi connectivity index (χ0v) is 23.4. The van der Waals surface area contributed by atoms with Crippen LogP contribution in [0.25, 0.3) is 0 Å². The molecule has 1 N–H and O–H groups in total. The minimum atomic E-state index is -0.259. The summed E-state index contributed by atoms with van der Waals surface area (Å²) in [6.45, 7) is 12.6. The molecule has 5 rings (SSSR count). The third-order valence-electron chi connectivity index (χ3n) is 7.98. The quantitative estimate of drug-likeness (QED) is 0.275. The van der Waals surface area contributed by atoms with Crippen LogP contribution in [0.1, 0.15) is 38.2 Å². The van der Waals surface area contributed by atoms with Gasteiger partial charge >= 0.3 is 0 Å². The summed E-state index contributed by atoms with van der Waals surface area (Å²) in [6.07, 6.45) is 10.4. The lowest BCUT2D eigenvalue weighted by Crippen LogP contribution is -2.49. The van der Waals surface area contributed by atoms with Gasteiger partial charge in [0.25, 0.3) is 0 Å². The Balaban J connectivity index is 1.40. The van der Waals surface area contributed by atoms with Crippen molar-refractivity contribution in [3.8, 4) is 0 Å². The van der Waals surface area contributed by atoms with Crippen LogP contribution >= 0.6 is 0 Å². The number of aliphatic imine (C=N–C) groups is 1. The van der Waals surface area contributed by atoms with E-state index in [1.54, 1.807) is 17.3 Å². The molecular formula is C30H40N8O. The standard InChI is InChI=1S/C30H40N8O/c1-5-15-37(21-39)38(27-14-9-24-8-7-23(6-2)28(24)33-27)29-22(3)20-31-30(34-29)32-25-10-12-26(13-11-25)36-18-16-35(4)17-19-36/h5,9-13,20-21,23,27H,1,6-8,14-19H2,2-4H3,(H,31,32,34). The molecule has 1 amide bonds. The number of carbonyl (C=O) groups is 1. The van der Waals surface area contributed by atoms with E-state index in [2.05, 4.69) is 71.0 Å². The van der Waals surface area contributed by atoms with Crippen molar-refractivity contribution in [2.75, 3.05) is 55.0 Å². The number of hydrogen-bond acceptors (Lipinski definition) is 8. The van der Waals surface area contributed by atoms with Crippen molar-refractivity contribution in [1.82, 2.24) is 19.9 Å². The number of amides is 1. The molecule has 3 heterocycles. The summed E-state index contributed by atoms with van der Waals surface area (Å²) in [7, 11) is 2.17. The molecule has 1 aromatic carbocycles. The van der Waals surface area contributed by atoms with Gasteiger partial charge in [0.15, 0.2) is 5.82 Å². The molecular weight excluding hydrogens is 488 g/mol. The van der Waals surface area contributed by atoms with Gasteiger partial charge in [-0.1, -0.05) is 19.1 Å². The van der Waals surface area contributed by atoms with Crippen LogP contribution in [-0.2, 0) is 4.79 Å². The summed E-state index contributed by atoms with van der Waals surface area (Å²) >= 11 is 0. The molecule has 1 saturated carbocycles. The van der Waals surface area contributed by atoms with Crippen molar-refractivity contribution in [3.05, 3.63) is 60.3 Å². The van der Waals surface area contributed by atoms with Crippen molar-refractivity contribution >= 4 is 35.3 Å². The van der Waals surface area contributed by atoms with E-state index in [0.717, 1.165) is 69.5 Å². The number of nitrogens with one attached hydrogen (secondary N) is 1. The topological polar surface area (TPSA) is 80.2 Å². The fourth-order valence-electron chi connectivity index (χ4n) is 5.69. The van der Waals surface area contributed by atoms with Crippen LogP contribution in [0.2, 0.25) is 0 Å². The fourth-order valence-corrected chi connectivity index (χ4v) is 5.69. The van der Waals surface area contributed by atoms with Gasteiger partial charge in [-0.15, -0.1) is 6.58 Å². The van der Waals surface area contributed by atoms with Crippen molar-refractivity contribution < 1.29 is 4.79 Å². The molecule has 2 unspecified atom stereocenters. The molecule has 3 aliphatic rings. The van der Waals surface area contributed by atoms with Crippen molar-refractivity contribution in [2.45, 2.75) is 45.7 Å². The number of piperazine rings is 1. The first kappa shape index (κ1) is 26.9. The number of likely N-dealkylation sites (N-methyl/N-ethyl adjacent to an activating group) is 1. The number of aromatic nitrogens is 2. The van der Waals surface area contributed by atoms with Gasteiger partial charge in [-0.05, 0) is 63.1 Å². The second kappa shape index (κ2) is 12.0. The van der Waals surface area contributed by atoms with Crippen molar-refractivity contribution in [3.63, 3.8) is 0 Å². The number of carbonyl (C=O) groups excluding carboxylic acids is 1. The van der Waals surface area contributed by atoms with E-state index in [-0.39, 0.29) is 6.17 Å². The Morgan fingerprint density at radius 2 is 1.95 bits per heavy atom. The molecule has 39 heavy (non-hydrogen) atoms. The van der Waals surface area contributed by atoms with E-state index in [9.17, 15) is 4.79 Å². The molecule has 2 aromatic rings. The maximum absolute atomic E-state index is 12.3. The number of hydrogen-bond donors (Lipinski definition) is 1. The predicted molar refractivity (Wildman–Crippen MR) is 159 cm³/mol. The van der Waals surface area contributed by atoms with Gasteiger partial charge in [-0.2, -0.15) is 4.98 Å². The van der Waals surface area contributed by atoms with Gasteiger partial charge in [0, 0.05) is 67.4 Å². The highest BCUT2D eigenvalue weighted by molar-refractivity contribution is 6.04. The summed E-state index contributed by atoms with van der Waals surface area (Å²) in [5, 5.41) is 6.89. The van der Waals surface area contributed by atoms with Crippen LogP contribution in [0.5, 0.6) is 0 Å². The van der Waals surface area contributed by atoms with Gasteiger partial charge in [0.1, 0.15) is 6.17 Å². The normalized spacial score (nSPS) is 21.1. The van der Waals surface area contributed by atoms with E-state index >= 15 is 0 Å². The Hall–Kier alpha value is -3.72. The van der Waals surface area contributed by atoms with Crippen LogP contribution in [0.15, 0.2) is 59.8 Å². The minimum absolute atomic E-state index is 0.259. The molecule has 0 spiro atoms.